The largest absolute Gasteiger partial charge is 0.353 e. The molecule has 3 nitrogen and oxygen atoms in total. The molecule has 0 aromatic heterocycles. The van der Waals surface area contributed by atoms with Gasteiger partial charge in [-0.2, -0.15) is 0 Å². The van der Waals surface area contributed by atoms with Crippen LogP contribution in [0, 0.1) is 34.5 Å². The van der Waals surface area contributed by atoms with Crippen LogP contribution in [0.1, 0.15) is 90.0 Å². The third kappa shape index (κ3) is 3.82. The molecule has 1 aromatic rings. The van der Waals surface area contributed by atoms with E-state index in [1.165, 1.54) is 56.9 Å². The molecule has 6 rings (SSSR count). The van der Waals surface area contributed by atoms with Crippen molar-refractivity contribution in [3.8, 4) is 0 Å². The van der Waals surface area contributed by atoms with E-state index in [2.05, 4.69) is 44.2 Å². The Bertz CT molecular complexity index is 931. The zero-order valence-corrected chi connectivity index (χ0v) is 21.1. The minimum atomic E-state index is -0.149. The van der Waals surface area contributed by atoms with Crippen molar-refractivity contribution in [1.82, 2.24) is 0 Å². The summed E-state index contributed by atoms with van der Waals surface area (Å²) in [5.74, 6) is 3.19. The van der Waals surface area contributed by atoms with Gasteiger partial charge in [-0.15, -0.1) is 0 Å². The summed E-state index contributed by atoms with van der Waals surface area (Å²) in [6.07, 6.45) is 15.6. The van der Waals surface area contributed by atoms with E-state index in [4.69, 9.17) is 9.47 Å². The highest BCUT2D eigenvalue weighted by Crippen LogP contribution is 2.66. The number of carbonyl (C=O) groups excluding carboxylic acids is 1. The molecule has 0 bridgehead atoms. The number of hydrogen-bond acceptors (Lipinski definition) is 3. The number of benzene rings is 1. The summed E-state index contributed by atoms with van der Waals surface area (Å²) >= 11 is 0. The van der Waals surface area contributed by atoms with Gasteiger partial charge in [0, 0.05) is 12.0 Å². The second-order valence-corrected chi connectivity index (χ2v) is 12.6. The first kappa shape index (κ1) is 23.0. The molecule has 4 aliphatic carbocycles. The first-order valence-electron chi connectivity index (χ1n) is 14.0. The molecule has 1 saturated heterocycles. The summed E-state index contributed by atoms with van der Waals surface area (Å²) < 4.78 is 12.3. The Balaban J connectivity index is 1.18. The highest BCUT2D eigenvalue weighted by atomic mass is 16.7. The van der Waals surface area contributed by atoms with Crippen LogP contribution in [-0.2, 0) is 14.3 Å². The van der Waals surface area contributed by atoms with Crippen molar-refractivity contribution in [1.29, 1.82) is 0 Å². The minimum Gasteiger partial charge on any atom is -0.353 e. The van der Waals surface area contributed by atoms with Gasteiger partial charge in [0.05, 0.1) is 6.10 Å². The molecule has 1 heterocycles. The van der Waals surface area contributed by atoms with Gasteiger partial charge in [0.25, 0.3) is 0 Å². The van der Waals surface area contributed by atoms with Crippen molar-refractivity contribution in [3.63, 3.8) is 0 Å². The maximum Gasteiger partial charge on any atom is 0.165 e. The molecule has 4 saturated carbocycles. The van der Waals surface area contributed by atoms with Crippen LogP contribution in [0.2, 0.25) is 0 Å². The highest BCUT2D eigenvalue weighted by molar-refractivity contribution is 6.05. The van der Waals surface area contributed by atoms with Gasteiger partial charge in [0.15, 0.2) is 12.1 Å². The zero-order chi connectivity index (χ0) is 23.3. The Morgan fingerprint density at radius 3 is 2.62 bits per heavy atom. The van der Waals surface area contributed by atoms with Crippen LogP contribution >= 0.6 is 0 Å². The average Bonchev–Trinajstić information content (AvgIpc) is 3.11. The molecule has 8 unspecified atom stereocenters. The molecule has 1 aromatic carbocycles. The number of rotatable bonds is 3. The second-order valence-electron chi connectivity index (χ2n) is 12.6. The Labute approximate surface area is 205 Å². The van der Waals surface area contributed by atoms with Crippen LogP contribution in [0.3, 0.4) is 0 Å². The van der Waals surface area contributed by atoms with Gasteiger partial charge in [-0.25, -0.2) is 0 Å². The van der Waals surface area contributed by atoms with Crippen LogP contribution < -0.4 is 0 Å². The van der Waals surface area contributed by atoms with Gasteiger partial charge in [-0.3, -0.25) is 4.79 Å². The number of fused-ring (bicyclic) bond motifs is 5. The molecule has 0 radical (unpaired) electrons. The van der Waals surface area contributed by atoms with Crippen molar-refractivity contribution < 1.29 is 14.3 Å². The molecule has 5 fully saturated rings. The van der Waals surface area contributed by atoms with Crippen LogP contribution in [0.15, 0.2) is 35.9 Å². The molecule has 184 valence electrons. The smallest absolute Gasteiger partial charge is 0.165 e. The standard InChI is InChI=1S/C31H42O3/c1-30-15-13-24(34-28-10-6-7-17-33-28)20-23(30)11-12-25-26(30)14-16-31(2)27(25)19-22(29(31)32)18-21-8-4-3-5-9-21/h3-5,8-9,18,23-28H,6-7,10-17,19-20H2,1-2H3. The second kappa shape index (κ2) is 8.89. The predicted molar refractivity (Wildman–Crippen MR) is 135 cm³/mol. The molecule has 3 heteroatoms. The van der Waals surface area contributed by atoms with Crippen molar-refractivity contribution in [2.45, 2.75) is 96.9 Å². The molecule has 0 spiro atoms. The van der Waals surface area contributed by atoms with E-state index in [0.717, 1.165) is 43.3 Å². The SMILES string of the molecule is CC12CCC3C(CCC4CC(OC5CCCCO5)CCC43C)C1CC(=Cc1ccccc1)C2=O. The van der Waals surface area contributed by atoms with Crippen molar-refractivity contribution in [2.24, 2.45) is 34.5 Å². The number of hydrogen-bond donors (Lipinski definition) is 0. The lowest BCUT2D eigenvalue weighted by Gasteiger charge is -2.60. The van der Waals surface area contributed by atoms with Gasteiger partial charge in [0.1, 0.15) is 0 Å². The molecule has 1 aliphatic heterocycles. The lowest BCUT2D eigenvalue weighted by Crippen LogP contribution is -2.54. The summed E-state index contributed by atoms with van der Waals surface area (Å²) in [6.45, 7) is 5.76. The molecule has 0 amide bonds. The number of ketones is 1. The molecular formula is C31H42O3. The van der Waals surface area contributed by atoms with Crippen molar-refractivity contribution in [2.75, 3.05) is 6.61 Å². The van der Waals surface area contributed by atoms with E-state index in [9.17, 15) is 4.79 Å². The normalized spacial score (nSPS) is 45.5. The summed E-state index contributed by atoms with van der Waals surface area (Å²) in [4.78, 5) is 13.6. The topological polar surface area (TPSA) is 35.5 Å². The van der Waals surface area contributed by atoms with Gasteiger partial charge in [-0.1, -0.05) is 44.2 Å². The fraction of sp³-hybridized carbons (Fsp3) is 0.710. The number of ether oxygens (including phenoxy) is 2. The third-order valence-electron chi connectivity index (χ3n) is 10.9. The summed E-state index contributed by atoms with van der Waals surface area (Å²) in [7, 11) is 0. The quantitative estimate of drug-likeness (QED) is 0.352. The molecular weight excluding hydrogens is 420 g/mol. The van der Waals surface area contributed by atoms with Crippen LogP contribution in [0.25, 0.3) is 6.08 Å². The molecule has 8 atom stereocenters. The van der Waals surface area contributed by atoms with Gasteiger partial charge < -0.3 is 9.47 Å². The average molecular weight is 463 g/mol. The summed E-state index contributed by atoms with van der Waals surface area (Å²) in [6, 6.07) is 10.4. The van der Waals surface area contributed by atoms with Crippen molar-refractivity contribution >= 4 is 11.9 Å². The minimum absolute atomic E-state index is 0.0363. The highest BCUT2D eigenvalue weighted by Gasteiger charge is 2.61. The Morgan fingerprint density at radius 2 is 1.82 bits per heavy atom. The van der Waals surface area contributed by atoms with Crippen LogP contribution in [0.4, 0.5) is 0 Å². The van der Waals surface area contributed by atoms with Gasteiger partial charge in [0.2, 0.25) is 0 Å². The van der Waals surface area contributed by atoms with E-state index >= 15 is 0 Å². The fourth-order valence-corrected chi connectivity index (χ4v) is 8.93. The monoisotopic (exact) mass is 462 g/mol. The summed E-state index contributed by atoms with van der Waals surface area (Å²) in [5.41, 5.74) is 2.51. The maximum atomic E-state index is 13.6. The van der Waals surface area contributed by atoms with E-state index < -0.39 is 0 Å². The Hall–Kier alpha value is -1.45. The third-order valence-corrected chi connectivity index (χ3v) is 10.9. The predicted octanol–water partition coefficient (Wildman–Crippen LogP) is 7.20. The Kier molecular flexibility index (Phi) is 6.01. The fourth-order valence-electron chi connectivity index (χ4n) is 8.93. The number of carbonyl (C=O) groups is 1. The lowest BCUT2D eigenvalue weighted by molar-refractivity contribution is -0.211. The summed E-state index contributed by atoms with van der Waals surface area (Å²) in [5, 5.41) is 0. The first-order chi connectivity index (χ1) is 16.5. The van der Waals surface area contributed by atoms with Crippen LogP contribution in [0.5, 0.6) is 0 Å². The molecule has 5 aliphatic rings. The maximum absolute atomic E-state index is 13.6. The van der Waals surface area contributed by atoms with Gasteiger partial charge >= 0.3 is 0 Å². The molecule has 0 N–H and O–H groups in total. The first-order valence-corrected chi connectivity index (χ1v) is 14.0. The molecule has 34 heavy (non-hydrogen) atoms. The number of allylic oxidation sites excluding steroid dienone is 1. The lowest BCUT2D eigenvalue weighted by atomic mass is 9.45. The van der Waals surface area contributed by atoms with E-state index in [0.29, 0.717) is 29.1 Å². The Morgan fingerprint density at radius 1 is 0.971 bits per heavy atom. The van der Waals surface area contributed by atoms with Crippen LogP contribution in [-0.4, -0.2) is 24.8 Å². The van der Waals surface area contributed by atoms with Gasteiger partial charge in [-0.05, 0) is 117 Å². The van der Waals surface area contributed by atoms with E-state index in [1.807, 2.05) is 6.07 Å². The van der Waals surface area contributed by atoms with E-state index in [1.54, 1.807) is 0 Å². The van der Waals surface area contributed by atoms with Crippen molar-refractivity contribution in [3.05, 3.63) is 41.5 Å². The number of Topliss-reactive ketones (excluding diaryl/α,β-unsaturated/α-hetero) is 1. The zero-order valence-electron chi connectivity index (χ0n) is 21.1. The van der Waals surface area contributed by atoms with E-state index in [-0.39, 0.29) is 11.7 Å².